The first kappa shape index (κ1) is 33.6. The normalized spacial score (nSPS) is 15.4. The summed E-state index contributed by atoms with van der Waals surface area (Å²) in [7, 11) is 3.36. The number of hydrogen-bond donors (Lipinski definition) is 1. The summed E-state index contributed by atoms with van der Waals surface area (Å²) in [5.41, 5.74) is 3.44. The number of benzene rings is 1. The molecule has 0 saturated carbocycles. The molecule has 3 aromatic rings. The summed E-state index contributed by atoms with van der Waals surface area (Å²) < 4.78 is 26.2. The van der Waals surface area contributed by atoms with E-state index in [9.17, 15) is 9.59 Å². The molecule has 1 saturated heterocycles. The average molecular weight is 605 g/mol. The van der Waals surface area contributed by atoms with Crippen LogP contribution >= 0.6 is 12.4 Å². The highest BCUT2D eigenvalue weighted by Gasteiger charge is 2.25. The molecule has 2 atom stereocenters. The van der Waals surface area contributed by atoms with Crippen LogP contribution in [0, 0.1) is 18.8 Å². The Labute approximate surface area is 254 Å². The summed E-state index contributed by atoms with van der Waals surface area (Å²) in [5, 5.41) is 3.28. The van der Waals surface area contributed by atoms with E-state index < -0.39 is 6.04 Å². The van der Waals surface area contributed by atoms with Gasteiger partial charge in [-0.05, 0) is 56.7 Å². The summed E-state index contributed by atoms with van der Waals surface area (Å²) in [5.74, 6) is 1.82. The van der Waals surface area contributed by atoms with Gasteiger partial charge in [-0.2, -0.15) is 0 Å². The fourth-order valence-corrected chi connectivity index (χ4v) is 5.30. The van der Waals surface area contributed by atoms with E-state index in [1.54, 1.807) is 18.7 Å². The molecule has 0 spiro atoms. The summed E-state index contributed by atoms with van der Waals surface area (Å²) in [6.07, 6.45) is 3.54. The number of imidazole rings is 1. The minimum absolute atomic E-state index is 0. The number of carbonyl (C=O) groups excluding carboxylic acids is 1. The monoisotopic (exact) mass is 604 g/mol. The van der Waals surface area contributed by atoms with Crippen molar-refractivity contribution in [1.29, 1.82) is 0 Å². The molecule has 42 heavy (non-hydrogen) atoms. The van der Waals surface area contributed by atoms with E-state index in [1.165, 1.54) is 0 Å². The highest BCUT2D eigenvalue weighted by atomic mass is 35.5. The molecule has 0 bridgehead atoms. The Bertz CT molecular complexity index is 1360. The van der Waals surface area contributed by atoms with Crippen LogP contribution in [0.4, 0.5) is 0 Å². The van der Waals surface area contributed by atoms with E-state index in [1.807, 2.05) is 58.2 Å². The minimum atomic E-state index is -0.436. The van der Waals surface area contributed by atoms with Gasteiger partial charge >= 0.3 is 5.97 Å². The van der Waals surface area contributed by atoms with Crippen molar-refractivity contribution in [2.45, 2.75) is 59.2 Å². The molecule has 4 rings (SSSR count). The van der Waals surface area contributed by atoms with Gasteiger partial charge in [0.1, 0.15) is 30.3 Å². The molecule has 232 valence electrons. The fraction of sp³-hybridized carbons (Fsp3) is 0.581. The van der Waals surface area contributed by atoms with Crippen molar-refractivity contribution in [2.75, 3.05) is 40.1 Å². The van der Waals surface area contributed by atoms with Crippen molar-refractivity contribution in [3.8, 4) is 17.1 Å². The van der Waals surface area contributed by atoms with Crippen LogP contribution in [0.2, 0.25) is 0 Å². The lowest BCUT2D eigenvalue weighted by molar-refractivity contribution is -0.154. The first-order chi connectivity index (χ1) is 19.7. The van der Waals surface area contributed by atoms with Crippen molar-refractivity contribution in [1.82, 2.24) is 19.4 Å². The Balaban J connectivity index is 0.00000484. The number of rotatable bonds is 13. The molecule has 1 aromatic carbocycles. The lowest BCUT2D eigenvalue weighted by Crippen LogP contribution is -2.45. The van der Waals surface area contributed by atoms with Gasteiger partial charge in [-0.3, -0.25) is 9.59 Å². The third-order valence-corrected chi connectivity index (χ3v) is 7.50. The maximum atomic E-state index is 12.6. The first-order valence-electron chi connectivity index (χ1n) is 14.5. The maximum absolute atomic E-state index is 12.6. The Morgan fingerprint density at radius 1 is 1.19 bits per heavy atom. The van der Waals surface area contributed by atoms with Crippen molar-refractivity contribution < 1.29 is 23.7 Å². The van der Waals surface area contributed by atoms with E-state index in [2.05, 4.69) is 9.88 Å². The summed E-state index contributed by atoms with van der Waals surface area (Å²) in [4.78, 5) is 30.0. The summed E-state index contributed by atoms with van der Waals surface area (Å²) in [6, 6.07) is 7.40. The molecule has 2 aromatic heterocycles. The predicted molar refractivity (Wildman–Crippen MR) is 165 cm³/mol. The van der Waals surface area contributed by atoms with Gasteiger partial charge in [-0.1, -0.05) is 13.8 Å². The smallest absolute Gasteiger partial charge is 0.323 e. The third kappa shape index (κ3) is 8.34. The van der Waals surface area contributed by atoms with Crippen LogP contribution in [-0.4, -0.2) is 72.3 Å². The standard InChI is InChI=1S/C31H44N4O6.ClH/c1-20(2)28(31(37)41-22(4)19-38-6)32-11-14-40-25-7-8-26-27(16-25)35(17-23-9-12-39-13-10-23)29(33-26)24-15-21(3)30(36)34(5)18-24;/h7-8,15-16,18,20,22-23,28,32H,9-14,17,19H2,1-6H3;1H/t22-,28?;/m0./s1. The second kappa shape index (κ2) is 15.5. The SMILES string of the molecule is COC[C@H](C)OC(=O)C(NCCOc1ccc2nc(-c3cc(C)c(=O)n(C)c3)n(CC3CCOCC3)c2c1)C(C)C.Cl. The van der Waals surface area contributed by atoms with Crippen LogP contribution in [0.15, 0.2) is 35.3 Å². The van der Waals surface area contributed by atoms with Gasteiger partial charge in [0.2, 0.25) is 0 Å². The van der Waals surface area contributed by atoms with Gasteiger partial charge in [-0.25, -0.2) is 4.98 Å². The van der Waals surface area contributed by atoms with E-state index in [0.717, 1.165) is 60.8 Å². The van der Waals surface area contributed by atoms with Crippen molar-refractivity contribution >= 4 is 29.4 Å². The molecule has 0 amide bonds. The van der Waals surface area contributed by atoms with Gasteiger partial charge in [0, 0.05) is 63.9 Å². The number of pyridine rings is 1. The highest BCUT2D eigenvalue weighted by Crippen LogP contribution is 2.30. The Morgan fingerprint density at radius 2 is 1.93 bits per heavy atom. The zero-order valence-corrected chi connectivity index (χ0v) is 26.4. The number of halogens is 1. The molecule has 0 aliphatic carbocycles. The number of methoxy groups -OCH3 is 1. The lowest BCUT2D eigenvalue weighted by atomic mass is 10.00. The van der Waals surface area contributed by atoms with Crippen LogP contribution in [0.1, 0.15) is 39.2 Å². The van der Waals surface area contributed by atoms with Gasteiger partial charge in [0.15, 0.2) is 0 Å². The quantitative estimate of drug-likeness (QED) is 0.229. The third-order valence-electron chi connectivity index (χ3n) is 7.50. The summed E-state index contributed by atoms with van der Waals surface area (Å²) in [6.45, 7) is 11.2. The molecule has 1 unspecified atom stereocenters. The van der Waals surface area contributed by atoms with E-state index in [-0.39, 0.29) is 36.0 Å². The number of carbonyl (C=O) groups is 1. The number of fused-ring (bicyclic) bond motifs is 1. The second-order valence-corrected chi connectivity index (χ2v) is 11.3. The Morgan fingerprint density at radius 3 is 2.60 bits per heavy atom. The molecule has 11 heteroatoms. The number of hydrogen-bond acceptors (Lipinski definition) is 8. The van der Waals surface area contributed by atoms with Gasteiger partial charge in [0.05, 0.1) is 17.6 Å². The average Bonchev–Trinajstić information content (AvgIpc) is 3.29. The molecular weight excluding hydrogens is 560 g/mol. The molecule has 1 N–H and O–H groups in total. The topological polar surface area (TPSA) is 106 Å². The van der Waals surface area contributed by atoms with Crippen molar-refractivity contribution in [3.63, 3.8) is 0 Å². The zero-order chi connectivity index (χ0) is 29.5. The predicted octanol–water partition coefficient (Wildman–Crippen LogP) is 4.13. The Hall–Kier alpha value is -2.92. The number of aryl methyl sites for hydroxylation is 2. The first-order valence-corrected chi connectivity index (χ1v) is 14.5. The molecule has 1 aliphatic heterocycles. The number of nitrogens with zero attached hydrogens (tertiary/aromatic N) is 3. The van der Waals surface area contributed by atoms with Crippen LogP contribution < -0.4 is 15.6 Å². The number of ether oxygens (including phenoxy) is 4. The van der Waals surface area contributed by atoms with Crippen LogP contribution in [0.3, 0.4) is 0 Å². The molecule has 1 fully saturated rings. The maximum Gasteiger partial charge on any atom is 0.323 e. The molecule has 1 aliphatic rings. The van der Waals surface area contributed by atoms with E-state index >= 15 is 0 Å². The number of nitrogens with one attached hydrogen (secondary N) is 1. The van der Waals surface area contributed by atoms with Crippen molar-refractivity contribution in [2.24, 2.45) is 18.9 Å². The van der Waals surface area contributed by atoms with E-state index in [0.29, 0.717) is 31.2 Å². The second-order valence-electron chi connectivity index (χ2n) is 11.3. The fourth-order valence-electron chi connectivity index (χ4n) is 5.30. The van der Waals surface area contributed by atoms with Crippen molar-refractivity contribution in [3.05, 3.63) is 46.4 Å². The van der Waals surface area contributed by atoms with Crippen LogP contribution in [-0.2, 0) is 32.6 Å². The number of aromatic nitrogens is 3. The summed E-state index contributed by atoms with van der Waals surface area (Å²) >= 11 is 0. The minimum Gasteiger partial charge on any atom is -0.492 e. The molecular formula is C31H45ClN4O6. The highest BCUT2D eigenvalue weighted by molar-refractivity contribution is 5.85. The lowest BCUT2D eigenvalue weighted by Gasteiger charge is -2.24. The van der Waals surface area contributed by atoms with Crippen LogP contribution in [0.25, 0.3) is 22.4 Å². The molecule has 10 nitrogen and oxygen atoms in total. The van der Waals surface area contributed by atoms with Gasteiger partial charge < -0.3 is 33.4 Å². The molecule has 3 heterocycles. The van der Waals surface area contributed by atoms with E-state index in [4.69, 9.17) is 23.9 Å². The number of esters is 1. The van der Waals surface area contributed by atoms with Gasteiger partial charge in [0.25, 0.3) is 5.56 Å². The zero-order valence-electron chi connectivity index (χ0n) is 25.6. The largest absolute Gasteiger partial charge is 0.492 e. The molecule has 0 radical (unpaired) electrons. The Kier molecular flexibility index (Phi) is 12.4. The van der Waals surface area contributed by atoms with Gasteiger partial charge in [-0.15, -0.1) is 12.4 Å². The van der Waals surface area contributed by atoms with Crippen LogP contribution in [0.5, 0.6) is 5.75 Å².